The molecule has 3 fully saturated rings. The fourth-order valence-corrected chi connectivity index (χ4v) is 9.30. The predicted molar refractivity (Wildman–Crippen MR) is 128 cm³/mol. The molecular weight excluding hydrogens is 364 g/mol. The van der Waals surface area contributed by atoms with Gasteiger partial charge in [0.15, 0.2) is 0 Å². The second-order valence-corrected chi connectivity index (χ2v) is 12.9. The molecule has 0 saturated heterocycles. The maximum absolute atomic E-state index is 10.2. The molecule has 0 aromatic rings. The van der Waals surface area contributed by atoms with Crippen molar-refractivity contribution < 1.29 is 5.11 Å². The third-order valence-corrected chi connectivity index (χ3v) is 11.3. The number of hydrogen-bond acceptors (Lipinski definition) is 1. The molecular formula is C29H50O. The molecule has 4 aliphatic carbocycles. The average Bonchev–Trinajstić information content (AvgIpc) is 3.06. The third kappa shape index (κ3) is 3.74. The van der Waals surface area contributed by atoms with Crippen LogP contribution in [0.1, 0.15) is 112 Å². The van der Waals surface area contributed by atoms with E-state index in [-0.39, 0.29) is 6.10 Å². The van der Waals surface area contributed by atoms with E-state index in [1.165, 1.54) is 57.8 Å². The van der Waals surface area contributed by atoms with E-state index in [0.29, 0.717) is 10.8 Å². The fraction of sp³-hybridized carbons (Fsp3) is 0.931. The Morgan fingerprint density at radius 1 is 1.00 bits per heavy atom. The molecule has 172 valence electrons. The van der Waals surface area contributed by atoms with Gasteiger partial charge >= 0.3 is 0 Å². The lowest BCUT2D eigenvalue weighted by Crippen LogP contribution is -2.50. The first-order chi connectivity index (χ1) is 14.2. The zero-order valence-electron chi connectivity index (χ0n) is 20.9. The van der Waals surface area contributed by atoms with E-state index in [1.807, 2.05) is 0 Å². The van der Waals surface area contributed by atoms with Crippen LogP contribution in [0, 0.1) is 52.3 Å². The predicted octanol–water partition coefficient (Wildman–Crippen LogP) is 8.02. The summed E-state index contributed by atoms with van der Waals surface area (Å²) in [5, 5.41) is 10.2. The van der Waals surface area contributed by atoms with E-state index in [2.05, 4.69) is 47.6 Å². The van der Waals surface area contributed by atoms with Gasteiger partial charge in [-0.15, -0.1) is 0 Å². The smallest absolute Gasteiger partial charge is 0.0577 e. The number of fused-ring (bicyclic) bond motifs is 5. The van der Waals surface area contributed by atoms with Crippen LogP contribution in [0.4, 0.5) is 0 Å². The summed E-state index contributed by atoms with van der Waals surface area (Å²) in [5.41, 5.74) is 2.59. The minimum Gasteiger partial charge on any atom is -0.393 e. The fourth-order valence-electron chi connectivity index (χ4n) is 9.30. The molecule has 0 heterocycles. The molecule has 0 aromatic heterocycles. The maximum Gasteiger partial charge on any atom is 0.0577 e. The van der Waals surface area contributed by atoms with Crippen LogP contribution >= 0.6 is 0 Å². The normalized spacial score (nSPS) is 45.3. The minimum absolute atomic E-state index is 0.0794. The van der Waals surface area contributed by atoms with Gasteiger partial charge in [-0.3, -0.25) is 0 Å². The van der Waals surface area contributed by atoms with Crippen molar-refractivity contribution in [3.05, 3.63) is 11.6 Å². The van der Waals surface area contributed by atoms with Crippen LogP contribution in [0.3, 0.4) is 0 Å². The Labute approximate surface area is 187 Å². The summed E-state index contributed by atoms with van der Waals surface area (Å²) >= 11 is 0. The van der Waals surface area contributed by atoms with Crippen LogP contribution in [-0.2, 0) is 0 Å². The largest absolute Gasteiger partial charge is 0.393 e. The first kappa shape index (κ1) is 22.9. The van der Waals surface area contributed by atoms with Crippen molar-refractivity contribution in [3.8, 4) is 0 Å². The van der Waals surface area contributed by atoms with Gasteiger partial charge in [-0.25, -0.2) is 0 Å². The summed E-state index contributed by atoms with van der Waals surface area (Å²) in [6.07, 6.45) is 17.1. The number of aliphatic hydroxyl groups excluding tert-OH is 1. The molecule has 4 rings (SSSR count). The van der Waals surface area contributed by atoms with E-state index in [0.717, 1.165) is 54.3 Å². The zero-order chi connectivity index (χ0) is 21.7. The second-order valence-electron chi connectivity index (χ2n) is 12.9. The first-order valence-electron chi connectivity index (χ1n) is 13.6. The van der Waals surface area contributed by atoms with Gasteiger partial charge in [0.05, 0.1) is 6.10 Å². The van der Waals surface area contributed by atoms with Crippen LogP contribution in [0.5, 0.6) is 0 Å². The quantitative estimate of drug-likeness (QED) is 0.436. The molecule has 0 aliphatic heterocycles. The summed E-state index contributed by atoms with van der Waals surface area (Å²) in [6.45, 7) is 15.1. The first-order valence-corrected chi connectivity index (χ1v) is 13.6. The van der Waals surface area contributed by atoms with E-state index >= 15 is 0 Å². The molecule has 4 aliphatic rings. The van der Waals surface area contributed by atoms with Gasteiger partial charge in [-0.05, 0) is 110 Å². The van der Waals surface area contributed by atoms with Crippen molar-refractivity contribution in [1.29, 1.82) is 0 Å². The molecule has 0 bridgehead atoms. The van der Waals surface area contributed by atoms with Crippen LogP contribution in [0.2, 0.25) is 0 Å². The Balaban J connectivity index is 1.47. The zero-order valence-corrected chi connectivity index (χ0v) is 20.9. The van der Waals surface area contributed by atoms with Gasteiger partial charge in [0.2, 0.25) is 0 Å². The van der Waals surface area contributed by atoms with Gasteiger partial charge in [-0.2, -0.15) is 0 Å². The van der Waals surface area contributed by atoms with E-state index in [1.54, 1.807) is 5.57 Å². The van der Waals surface area contributed by atoms with Crippen molar-refractivity contribution in [3.63, 3.8) is 0 Å². The molecule has 1 heteroatoms. The minimum atomic E-state index is -0.0794. The lowest BCUT2D eigenvalue weighted by atomic mass is 9.47. The molecule has 0 aromatic carbocycles. The average molecular weight is 415 g/mol. The number of hydrogen-bond donors (Lipinski definition) is 1. The number of allylic oxidation sites excluding steroid dienone is 1. The van der Waals surface area contributed by atoms with Crippen molar-refractivity contribution >= 4 is 0 Å². The lowest BCUT2D eigenvalue weighted by Gasteiger charge is -2.58. The molecule has 1 nitrogen and oxygen atoms in total. The van der Waals surface area contributed by atoms with Gasteiger partial charge in [0.1, 0.15) is 0 Å². The summed E-state index contributed by atoms with van der Waals surface area (Å²) in [4.78, 5) is 0. The summed E-state index contributed by atoms with van der Waals surface area (Å²) in [5.74, 6) is 6.31. The summed E-state index contributed by atoms with van der Waals surface area (Å²) < 4.78 is 0. The monoisotopic (exact) mass is 414 g/mol. The maximum atomic E-state index is 10.2. The highest BCUT2D eigenvalue weighted by Crippen LogP contribution is 2.67. The highest BCUT2D eigenvalue weighted by molar-refractivity contribution is 5.25. The van der Waals surface area contributed by atoms with E-state index in [9.17, 15) is 5.11 Å². The molecule has 0 radical (unpaired) electrons. The van der Waals surface area contributed by atoms with Gasteiger partial charge < -0.3 is 5.11 Å². The van der Waals surface area contributed by atoms with E-state index in [4.69, 9.17) is 0 Å². The molecule has 1 N–H and O–H groups in total. The Kier molecular flexibility index (Phi) is 6.53. The van der Waals surface area contributed by atoms with Crippen molar-refractivity contribution in [2.45, 2.75) is 118 Å². The van der Waals surface area contributed by atoms with Crippen molar-refractivity contribution in [2.75, 3.05) is 0 Å². The summed E-state index contributed by atoms with van der Waals surface area (Å²) in [7, 11) is 0. The van der Waals surface area contributed by atoms with Crippen LogP contribution < -0.4 is 0 Å². The van der Waals surface area contributed by atoms with Crippen molar-refractivity contribution in [2.24, 2.45) is 52.3 Å². The second kappa shape index (κ2) is 8.57. The van der Waals surface area contributed by atoms with Gasteiger partial charge in [-0.1, -0.05) is 66.0 Å². The molecule has 0 spiro atoms. The molecule has 30 heavy (non-hydrogen) atoms. The number of aliphatic hydroxyl groups is 1. The highest BCUT2D eigenvalue weighted by atomic mass is 16.3. The Bertz CT molecular complexity index is 634. The van der Waals surface area contributed by atoms with Crippen LogP contribution in [0.25, 0.3) is 0 Å². The Morgan fingerprint density at radius 2 is 1.77 bits per heavy atom. The topological polar surface area (TPSA) is 20.2 Å². The van der Waals surface area contributed by atoms with Gasteiger partial charge in [0.25, 0.3) is 0 Å². The molecule has 9 atom stereocenters. The molecule has 0 amide bonds. The molecule has 3 saturated carbocycles. The SMILES string of the molecule is CC[C@@H](CC[C@@H](C)[C@@H]1CC[C@@H]2[C@@H]3CC=C4C[C@@H](O)CC[C@]4(C)[C@H]3CC[C@@]21C)C(C)C. The third-order valence-electron chi connectivity index (χ3n) is 11.3. The Hall–Kier alpha value is -0.300. The lowest BCUT2D eigenvalue weighted by molar-refractivity contribution is -0.0575. The van der Waals surface area contributed by atoms with Gasteiger partial charge in [0, 0.05) is 0 Å². The Morgan fingerprint density at radius 3 is 2.47 bits per heavy atom. The van der Waals surface area contributed by atoms with Crippen LogP contribution in [-0.4, -0.2) is 11.2 Å². The van der Waals surface area contributed by atoms with Crippen LogP contribution in [0.15, 0.2) is 11.6 Å². The standard InChI is InChI=1S/C29H50O/c1-7-21(19(2)3)9-8-20(4)25-12-13-26-24-11-10-22-18-23(30)14-16-28(22,5)27(24)15-17-29(25,26)6/h10,19-21,23-27,30H,7-9,11-18H2,1-6H3/t20-,21+,23+,24+,25+,26-,27+,28+,29-/m1/s1. The number of rotatable bonds is 6. The molecule has 0 unspecified atom stereocenters. The van der Waals surface area contributed by atoms with E-state index < -0.39 is 0 Å². The highest BCUT2D eigenvalue weighted by Gasteiger charge is 2.59. The van der Waals surface area contributed by atoms with Crippen molar-refractivity contribution in [1.82, 2.24) is 0 Å². The summed E-state index contributed by atoms with van der Waals surface area (Å²) in [6, 6.07) is 0.